The molecule has 1 fully saturated rings. The largest absolute Gasteiger partial charge is 0.332 e. The molecule has 3 aromatic rings. The fraction of sp³-hybridized carbons (Fsp3) is 0.429. The summed E-state index contributed by atoms with van der Waals surface area (Å²) in [5, 5.41) is 11.7. The summed E-state index contributed by atoms with van der Waals surface area (Å²) in [4.78, 5) is 15.2. The Morgan fingerprint density at radius 1 is 1.15 bits per heavy atom. The number of aryl methyl sites for hydroxylation is 1. The average Bonchev–Trinajstić information content (AvgIpc) is 3.23. The van der Waals surface area contributed by atoms with Crippen LogP contribution in [-0.4, -0.2) is 46.8 Å². The molecule has 180 valence electrons. The fourth-order valence-electron chi connectivity index (χ4n) is 4.73. The summed E-state index contributed by atoms with van der Waals surface area (Å²) < 4.78 is 2.03. The van der Waals surface area contributed by atoms with E-state index >= 15 is 0 Å². The number of para-hydroxylation sites is 1. The van der Waals surface area contributed by atoms with Gasteiger partial charge < -0.3 is 15.5 Å². The highest BCUT2D eigenvalue weighted by atomic mass is 16.2. The van der Waals surface area contributed by atoms with E-state index in [2.05, 4.69) is 74.7 Å². The Labute approximate surface area is 203 Å². The van der Waals surface area contributed by atoms with Crippen molar-refractivity contribution >= 4 is 5.91 Å². The number of piperazine rings is 1. The number of benzene rings is 2. The van der Waals surface area contributed by atoms with E-state index in [1.807, 2.05) is 27.8 Å². The molecule has 6 nitrogen and oxygen atoms in total. The molecule has 1 aliphatic heterocycles. The molecule has 34 heavy (non-hydrogen) atoms. The summed E-state index contributed by atoms with van der Waals surface area (Å²) in [7, 11) is 0. The van der Waals surface area contributed by atoms with Gasteiger partial charge in [0.05, 0.1) is 24.0 Å². The zero-order valence-corrected chi connectivity index (χ0v) is 20.8. The molecule has 0 bridgehead atoms. The van der Waals surface area contributed by atoms with E-state index in [-0.39, 0.29) is 11.9 Å². The third-order valence-electron chi connectivity index (χ3n) is 6.60. The lowest BCUT2D eigenvalue weighted by molar-refractivity contribution is -0.133. The fourth-order valence-corrected chi connectivity index (χ4v) is 4.73. The van der Waals surface area contributed by atoms with Crippen molar-refractivity contribution in [3.63, 3.8) is 0 Å². The second-order valence-electron chi connectivity index (χ2n) is 9.67. The standard InChI is InChI=1S/C28H37N5O/c1-20(2)15-25-16-23(31-33(25)24-10-6-5-7-11-24)17-30-19-28(34)32-14-13-29-18-27(32)26-12-8-9-21(3)22(26)4/h5-12,16,20,27,29-30H,13-15,17-19H2,1-4H3. The topological polar surface area (TPSA) is 62.2 Å². The van der Waals surface area contributed by atoms with Gasteiger partial charge >= 0.3 is 0 Å². The zero-order valence-electron chi connectivity index (χ0n) is 20.8. The first-order valence-corrected chi connectivity index (χ1v) is 12.3. The van der Waals surface area contributed by atoms with Crippen LogP contribution in [0.15, 0.2) is 54.6 Å². The molecular formula is C28H37N5O. The SMILES string of the molecule is Cc1cccc(C2CNCCN2C(=O)CNCc2cc(CC(C)C)n(-c3ccccc3)n2)c1C. The lowest BCUT2D eigenvalue weighted by Crippen LogP contribution is -2.51. The van der Waals surface area contributed by atoms with Crippen LogP contribution in [0.25, 0.3) is 5.69 Å². The second-order valence-corrected chi connectivity index (χ2v) is 9.67. The molecule has 0 saturated carbocycles. The predicted molar refractivity (Wildman–Crippen MR) is 137 cm³/mol. The minimum atomic E-state index is 0.0675. The highest BCUT2D eigenvalue weighted by Crippen LogP contribution is 2.27. The summed E-state index contributed by atoms with van der Waals surface area (Å²) in [6, 6.07) is 18.8. The van der Waals surface area contributed by atoms with Crippen molar-refractivity contribution in [1.82, 2.24) is 25.3 Å². The van der Waals surface area contributed by atoms with Gasteiger partial charge in [-0.15, -0.1) is 0 Å². The number of amides is 1. The molecule has 1 atom stereocenters. The summed E-state index contributed by atoms with van der Waals surface area (Å²) in [6.45, 7) is 11.9. The van der Waals surface area contributed by atoms with Gasteiger partial charge in [0.25, 0.3) is 0 Å². The summed E-state index contributed by atoms with van der Waals surface area (Å²) in [6.07, 6.45) is 0.957. The maximum absolute atomic E-state index is 13.2. The van der Waals surface area contributed by atoms with Crippen LogP contribution in [0.4, 0.5) is 0 Å². The van der Waals surface area contributed by atoms with E-state index < -0.39 is 0 Å². The highest BCUT2D eigenvalue weighted by molar-refractivity contribution is 5.79. The molecule has 4 rings (SSSR count). The molecule has 1 aliphatic rings. The molecule has 1 aromatic heterocycles. The minimum Gasteiger partial charge on any atom is -0.332 e. The van der Waals surface area contributed by atoms with Gasteiger partial charge in [0.15, 0.2) is 0 Å². The molecular weight excluding hydrogens is 422 g/mol. The number of aromatic nitrogens is 2. The van der Waals surface area contributed by atoms with Crippen molar-refractivity contribution in [2.24, 2.45) is 5.92 Å². The van der Waals surface area contributed by atoms with Crippen molar-refractivity contribution < 1.29 is 4.79 Å². The van der Waals surface area contributed by atoms with Crippen molar-refractivity contribution in [3.05, 3.63) is 82.7 Å². The van der Waals surface area contributed by atoms with E-state index in [1.54, 1.807) is 0 Å². The van der Waals surface area contributed by atoms with Crippen LogP contribution >= 0.6 is 0 Å². The van der Waals surface area contributed by atoms with Crippen molar-refractivity contribution in [1.29, 1.82) is 0 Å². The number of rotatable bonds is 8. The van der Waals surface area contributed by atoms with Gasteiger partial charge in [-0.2, -0.15) is 5.10 Å². The molecule has 2 N–H and O–H groups in total. The molecule has 0 aliphatic carbocycles. The van der Waals surface area contributed by atoms with Crippen LogP contribution < -0.4 is 10.6 Å². The van der Waals surface area contributed by atoms with Crippen LogP contribution in [0.1, 0.15) is 48.0 Å². The zero-order chi connectivity index (χ0) is 24.1. The van der Waals surface area contributed by atoms with Gasteiger partial charge in [-0.05, 0) is 61.1 Å². The van der Waals surface area contributed by atoms with Crippen LogP contribution in [0.3, 0.4) is 0 Å². The van der Waals surface area contributed by atoms with Gasteiger partial charge in [-0.25, -0.2) is 4.68 Å². The first-order valence-electron chi connectivity index (χ1n) is 12.3. The van der Waals surface area contributed by atoms with Gasteiger partial charge in [0.2, 0.25) is 5.91 Å². The predicted octanol–water partition coefficient (Wildman–Crippen LogP) is 3.95. The first kappa shape index (κ1) is 24.2. The Morgan fingerprint density at radius 3 is 2.71 bits per heavy atom. The van der Waals surface area contributed by atoms with Gasteiger partial charge in [-0.1, -0.05) is 50.2 Å². The highest BCUT2D eigenvalue weighted by Gasteiger charge is 2.28. The van der Waals surface area contributed by atoms with E-state index in [9.17, 15) is 4.79 Å². The van der Waals surface area contributed by atoms with E-state index in [0.717, 1.165) is 37.4 Å². The quantitative estimate of drug-likeness (QED) is 0.536. The van der Waals surface area contributed by atoms with Gasteiger partial charge in [0, 0.05) is 31.9 Å². The van der Waals surface area contributed by atoms with Crippen molar-refractivity contribution in [3.8, 4) is 5.69 Å². The third kappa shape index (κ3) is 5.57. The van der Waals surface area contributed by atoms with Gasteiger partial charge in [0.1, 0.15) is 0 Å². The second kappa shape index (κ2) is 11.0. The number of carbonyl (C=O) groups excluding carboxylic acids is 1. The average molecular weight is 460 g/mol. The molecule has 6 heteroatoms. The number of hydrogen-bond donors (Lipinski definition) is 2. The number of nitrogens with zero attached hydrogens (tertiary/aromatic N) is 3. The Kier molecular flexibility index (Phi) is 7.80. The number of hydrogen-bond acceptors (Lipinski definition) is 4. The molecule has 1 amide bonds. The Morgan fingerprint density at radius 2 is 1.94 bits per heavy atom. The van der Waals surface area contributed by atoms with Crippen molar-refractivity contribution in [2.75, 3.05) is 26.2 Å². The maximum Gasteiger partial charge on any atom is 0.237 e. The summed E-state index contributed by atoms with van der Waals surface area (Å²) in [5.74, 6) is 0.675. The van der Waals surface area contributed by atoms with Crippen molar-refractivity contribution in [2.45, 2.75) is 46.7 Å². The summed E-state index contributed by atoms with van der Waals surface area (Å²) in [5.41, 5.74) is 6.99. The van der Waals surface area contributed by atoms with Crippen LogP contribution in [0.5, 0.6) is 0 Å². The van der Waals surface area contributed by atoms with Gasteiger partial charge in [-0.3, -0.25) is 4.79 Å². The monoisotopic (exact) mass is 459 g/mol. The first-order chi connectivity index (χ1) is 16.4. The summed E-state index contributed by atoms with van der Waals surface area (Å²) >= 11 is 0. The minimum absolute atomic E-state index is 0.0675. The smallest absolute Gasteiger partial charge is 0.237 e. The number of carbonyl (C=O) groups is 1. The lowest BCUT2D eigenvalue weighted by atomic mass is 9.95. The Bertz CT molecular complexity index is 1110. The lowest BCUT2D eigenvalue weighted by Gasteiger charge is -2.37. The van der Waals surface area contributed by atoms with E-state index in [0.29, 0.717) is 19.0 Å². The van der Waals surface area contributed by atoms with Crippen LogP contribution in [0, 0.1) is 19.8 Å². The molecule has 2 heterocycles. The number of nitrogens with one attached hydrogen (secondary N) is 2. The third-order valence-corrected chi connectivity index (χ3v) is 6.60. The van der Waals surface area contributed by atoms with Crippen LogP contribution in [-0.2, 0) is 17.8 Å². The normalized spacial score (nSPS) is 16.3. The molecule has 2 aromatic carbocycles. The van der Waals surface area contributed by atoms with Crippen LogP contribution in [0.2, 0.25) is 0 Å². The maximum atomic E-state index is 13.2. The van der Waals surface area contributed by atoms with E-state index in [4.69, 9.17) is 5.10 Å². The molecule has 0 radical (unpaired) electrons. The van der Waals surface area contributed by atoms with E-state index in [1.165, 1.54) is 22.4 Å². The molecule has 0 spiro atoms. The Hall–Kier alpha value is -2.96. The molecule has 1 unspecified atom stereocenters. The Balaban J connectivity index is 1.43. The molecule has 1 saturated heterocycles.